The van der Waals surface area contributed by atoms with Crippen LogP contribution in [0.4, 0.5) is 17.3 Å². The van der Waals surface area contributed by atoms with Gasteiger partial charge in [-0.3, -0.25) is 0 Å². The molecule has 40 valence electrons. The Kier molecular flexibility index (Phi) is 4.29. The van der Waals surface area contributed by atoms with E-state index in [2.05, 4.69) is 0 Å². The minimum atomic E-state index is -6.00. The van der Waals surface area contributed by atoms with E-state index in [-0.39, 0.29) is 25.4 Å². The van der Waals surface area contributed by atoms with E-state index in [0.717, 1.165) is 0 Å². The van der Waals surface area contributed by atoms with E-state index >= 15 is 0 Å². The summed E-state index contributed by atoms with van der Waals surface area (Å²) in [5.41, 5.74) is 0. The van der Waals surface area contributed by atoms with Crippen LogP contribution >= 0.6 is 24.0 Å². The van der Waals surface area contributed by atoms with Crippen molar-refractivity contribution in [1.82, 2.24) is 0 Å². The first-order valence-electron chi connectivity index (χ1n) is 0.873. The Bertz CT molecular complexity index is 27.2. The quantitative estimate of drug-likeness (QED) is 0.330. The third-order valence-corrected chi connectivity index (χ3v) is 0. The highest BCUT2D eigenvalue weighted by Crippen LogP contribution is 2.06. The summed E-state index contributed by atoms with van der Waals surface area (Å²) in [6, 6.07) is 0. The van der Waals surface area contributed by atoms with Gasteiger partial charge in [-0.1, -0.05) is 0 Å². The molecule has 0 aliphatic carbocycles. The molecule has 0 spiro atoms. The van der Waals surface area contributed by atoms with Gasteiger partial charge in [0.2, 0.25) is 0 Å². The molecular weight excluding hydrogens is 214 g/mol. The van der Waals surface area contributed by atoms with Crippen LogP contribution in [0.25, 0.3) is 0 Å². The van der Waals surface area contributed by atoms with Gasteiger partial charge in [0.1, 0.15) is 0 Å². The molecule has 6 heavy (non-hydrogen) atoms. The van der Waals surface area contributed by atoms with Gasteiger partial charge in [-0.05, 0) is 0 Å². The van der Waals surface area contributed by atoms with Gasteiger partial charge < -0.3 is 17.3 Å². The molecule has 0 aliphatic rings. The van der Waals surface area contributed by atoms with Crippen molar-refractivity contribution in [3.05, 3.63) is 0 Å². The molecule has 0 amide bonds. The van der Waals surface area contributed by atoms with E-state index in [4.69, 9.17) is 0 Å². The second-order valence-corrected chi connectivity index (χ2v) is 0.495. The molecule has 0 nitrogen and oxygen atoms in total. The molecule has 0 aromatic carbocycles. The van der Waals surface area contributed by atoms with Crippen molar-refractivity contribution in [2.75, 3.05) is 0 Å². The fourth-order valence-corrected chi connectivity index (χ4v) is 0. The SMILES string of the molecule is F[B-](F)(F)F.I.[H+]. The normalized spacial score (nSPS) is 10.0. The second-order valence-electron chi connectivity index (χ2n) is 0.495. The van der Waals surface area contributed by atoms with E-state index in [1.807, 2.05) is 0 Å². The minimum absolute atomic E-state index is 0. The number of hydrogen-bond acceptors (Lipinski definition) is 0. The summed E-state index contributed by atoms with van der Waals surface area (Å²) in [6.45, 7) is 0. The first-order chi connectivity index (χ1) is 2.00. The fraction of sp³-hybridized carbons (Fsp3) is 0. The molecule has 0 N–H and O–H groups in total. The van der Waals surface area contributed by atoms with Crippen molar-refractivity contribution in [1.29, 1.82) is 0 Å². The van der Waals surface area contributed by atoms with Gasteiger partial charge in [0.15, 0.2) is 0 Å². The molecule has 0 atom stereocenters. The van der Waals surface area contributed by atoms with Gasteiger partial charge in [-0.2, -0.15) is 0 Å². The summed E-state index contributed by atoms with van der Waals surface area (Å²) in [7, 11) is -6.00. The summed E-state index contributed by atoms with van der Waals surface area (Å²) < 4.78 is 39.0. The molecule has 0 bridgehead atoms. The van der Waals surface area contributed by atoms with Crippen LogP contribution in [0, 0.1) is 0 Å². The zero-order valence-corrected chi connectivity index (χ0v) is 4.83. The van der Waals surface area contributed by atoms with Gasteiger partial charge in [0.25, 0.3) is 0 Å². The van der Waals surface area contributed by atoms with Crippen LogP contribution in [0.3, 0.4) is 0 Å². The molecule has 0 saturated carbocycles. The van der Waals surface area contributed by atoms with E-state index < -0.39 is 7.25 Å². The van der Waals surface area contributed by atoms with Crippen LogP contribution in [-0.2, 0) is 0 Å². The van der Waals surface area contributed by atoms with Crippen molar-refractivity contribution in [2.45, 2.75) is 0 Å². The molecule has 6 heteroatoms. The molecule has 0 heterocycles. The lowest BCUT2D eigenvalue weighted by Crippen LogP contribution is -2.02. The van der Waals surface area contributed by atoms with Crippen LogP contribution in [0.5, 0.6) is 0 Å². The molecule has 0 unspecified atom stereocenters. The Labute approximate surface area is 50.5 Å². The van der Waals surface area contributed by atoms with Gasteiger partial charge in [-0.25, -0.2) is 0 Å². The Morgan fingerprint density at radius 2 is 1.00 bits per heavy atom. The lowest BCUT2D eigenvalue weighted by Gasteiger charge is -1.94. The molecule has 0 saturated heterocycles. The lowest BCUT2D eigenvalue weighted by atomic mass is 10.3. The maximum absolute atomic E-state index is 9.75. The average molecular weight is 216 g/mol. The molecular formula is H2BF4I. The van der Waals surface area contributed by atoms with E-state index in [9.17, 15) is 17.3 Å². The van der Waals surface area contributed by atoms with Crippen molar-refractivity contribution in [3.8, 4) is 0 Å². The highest BCUT2D eigenvalue weighted by molar-refractivity contribution is 14.0. The fourth-order valence-electron chi connectivity index (χ4n) is 0. The van der Waals surface area contributed by atoms with E-state index in [0.29, 0.717) is 0 Å². The number of rotatable bonds is 0. The zero-order chi connectivity index (χ0) is 4.50. The summed E-state index contributed by atoms with van der Waals surface area (Å²) in [5, 5.41) is 0. The molecule has 0 aromatic rings. The second kappa shape index (κ2) is 2.65. The smallest absolute Gasteiger partial charge is 0.418 e. The molecule has 0 radical (unpaired) electrons. The van der Waals surface area contributed by atoms with Gasteiger partial charge in [0.05, 0.1) is 0 Å². The van der Waals surface area contributed by atoms with Crippen molar-refractivity contribution < 1.29 is 18.7 Å². The third-order valence-electron chi connectivity index (χ3n) is 0. The first kappa shape index (κ1) is 9.72. The monoisotopic (exact) mass is 216 g/mol. The maximum Gasteiger partial charge on any atom is 1.00 e. The Balaban J connectivity index is -0.0000000800. The highest BCUT2D eigenvalue weighted by atomic mass is 127. The highest BCUT2D eigenvalue weighted by Gasteiger charge is 2.20. The zero-order valence-electron chi connectivity index (χ0n) is 3.50. The largest absolute Gasteiger partial charge is 1.00 e. The Morgan fingerprint density at radius 3 is 1.00 bits per heavy atom. The van der Waals surface area contributed by atoms with Gasteiger partial charge in [-0.15, -0.1) is 24.0 Å². The summed E-state index contributed by atoms with van der Waals surface area (Å²) in [4.78, 5) is 0. The Morgan fingerprint density at radius 1 is 1.00 bits per heavy atom. The van der Waals surface area contributed by atoms with Crippen LogP contribution in [0.15, 0.2) is 0 Å². The van der Waals surface area contributed by atoms with Crippen molar-refractivity contribution >= 4 is 31.2 Å². The van der Waals surface area contributed by atoms with Gasteiger partial charge >= 0.3 is 8.68 Å². The summed E-state index contributed by atoms with van der Waals surface area (Å²) in [5.74, 6) is 0. The number of hydrogen-bond donors (Lipinski definition) is 0. The number of halogens is 5. The molecule has 0 aromatic heterocycles. The van der Waals surface area contributed by atoms with Gasteiger partial charge in [0, 0.05) is 0 Å². The molecule has 0 fully saturated rings. The Hall–Kier alpha value is 0.515. The van der Waals surface area contributed by atoms with Crippen LogP contribution < -0.4 is 0 Å². The predicted octanol–water partition coefficient (Wildman–Crippen LogP) is 2.03. The lowest BCUT2D eigenvalue weighted by molar-refractivity contribution is 0.368. The van der Waals surface area contributed by atoms with E-state index in [1.54, 1.807) is 0 Å². The standard InChI is InChI=1S/BF4.HI/c2-1(3,4)5;/h;1H/q-1;/p+1. The van der Waals surface area contributed by atoms with Crippen molar-refractivity contribution in [3.63, 3.8) is 0 Å². The minimum Gasteiger partial charge on any atom is -0.418 e. The van der Waals surface area contributed by atoms with Crippen LogP contribution in [0.2, 0.25) is 0 Å². The topological polar surface area (TPSA) is 0 Å². The average Bonchev–Trinajstić information content (AvgIpc) is 0.722. The van der Waals surface area contributed by atoms with Crippen molar-refractivity contribution in [2.24, 2.45) is 0 Å². The van der Waals surface area contributed by atoms with E-state index in [1.165, 1.54) is 0 Å². The third kappa shape index (κ3) is 210. The van der Waals surface area contributed by atoms with Crippen LogP contribution in [-0.4, -0.2) is 7.25 Å². The molecule has 0 rings (SSSR count). The predicted molar refractivity (Wildman–Crippen MR) is 26.7 cm³/mol. The summed E-state index contributed by atoms with van der Waals surface area (Å²) >= 11 is 0. The van der Waals surface area contributed by atoms with Crippen LogP contribution in [0.1, 0.15) is 1.43 Å². The maximum atomic E-state index is 9.75. The molecule has 0 aliphatic heterocycles. The first-order valence-corrected chi connectivity index (χ1v) is 0.873. The summed E-state index contributed by atoms with van der Waals surface area (Å²) in [6.07, 6.45) is 0.